The van der Waals surface area contributed by atoms with Gasteiger partial charge in [-0.25, -0.2) is 4.90 Å². The van der Waals surface area contributed by atoms with Crippen LogP contribution in [0.1, 0.15) is 36.6 Å². The maximum absolute atomic E-state index is 12.4. The van der Waals surface area contributed by atoms with E-state index in [1.54, 1.807) is 18.2 Å². The first-order chi connectivity index (χ1) is 9.99. The summed E-state index contributed by atoms with van der Waals surface area (Å²) in [5, 5.41) is 10.7. The summed E-state index contributed by atoms with van der Waals surface area (Å²) in [6.45, 7) is 1.84. The largest absolute Gasteiger partial charge is 0.545 e. The van der Waals surface area contributed by atoms with Crippen LogP contribution in [0.15, 0.2) is 42.5 Å². The fourth-order valence-corrected chi connectivity index (χ4v) is 2.34. The summed E-state index contributed by atoms with van der Waals surface area (Å²) in [5.74, 6) is -2.12. The molecule has 0 aliphatic carbocycles. The Hall–Kier alpha value is -2.95. The lowest BCUT2D eigenvalue weighted by molar-refractivity contribution is -0.255. The molecule has 3 rings (SSSR count). The molecule has 1 heterocycles. The summed E-state index contributed by atoms with van der Waals surface area (Å²) in [6, 6.07) is 10.5. The molecule has 0 aromatic heterocycles. The SMILES string of the molecule is Cc1ccc2c(c1)C(=O)N(c1ccc(C(=O)[O-])cc1)C2=O. The summed E-state index contributed by atoms with van der Waals surface area (Å²) >= 11 is 0. The number of carboxylic acids is 1. The summed E-state index contributed by atoms with van der Waals surface area (Å²) in [7, 11) is 0. The Labute approximate surface area is 120 Å². The van der Waals surface area contributed by atoms with Gasteiger partial charge in [0.1, 0.15) is 0 Å². The minimum Gasteiger partial charge on any atom is -0.545 e. The van der Waals surface area contributed by atoms with Crippen molar-refractivity contribution in [2.75, 3.05) is 4.90 Å². The quantitative estimate of drug-likeness (QED) is 0.773. The van der Waals surface area contributed by atoms with Gasteiger partial charge in [0, 0.05) is 0 Å². The highest BCUT2D eigenvalue weighted by atomic mass is 16.4. The lowest BCUT2D eigenvalue weighted by Crippen LogP contribution is -2.29. The third-order valence-electron chi connectivity index (χ3n) is 3.40. The lowest BCUT2D eigenvalue weighted by atomic mass is 10.1. The summed E-state index contributed by atoms with van der Waals surface area (Å²) in [5.41, 5.74) is 1.94. The summed E-state index contributed by atoms with van der Waals surface area (Å²) in [6.07, 6.45) is 0. The minimum atomic E-state index is -1.31. The summed E-state index contributed by atoms with van der Waals surface area (Å²) in [4.78, 5) is 36.4. The number of benzene rings is 2. The molecule has 0 spiro atoms. The first-order valence-electron chi connectivity index (χ1n) is 6.30. The molecule has 0 N–H and O–H groups in total. The van der Waals surface area contributed by atoms with Gasteiger partial charge in [0.15, 0.2) is 0 Å². The van der Waals surface area contributed by atoms with Gasteiger partial charge in [0.25, 0.3) is 11.8 Å². The van der Waals surface area contributed by atoms with Crippen molar-refractivity contribution in [3.63, 3.8) is 0 Å². The van der Waals surface area contributed by atoms with E-state index in [1.165, 1.54) is 24.3 Å². The van der Waals surface area contributed by atoms with Crippen LogP contribution in [0.25, 0.3) is 0 Å². The van der Waals surface area contributed by atoms with Gasteiger partial charge in [0.2, 0.25) is 0 Å². The van der Waals surface area contributed by atoms with Crippen molar-refractivity contribution in [3.8, 4) is 0 Å². The average Bonchev–Trinajstić information content (AvgIpc) is 2.70. The van der Waals surface area contributed by atoms with E-state index in [9.17, 15) is 19.5 Å². The van der Waals surface area contributed by atoms with Crippen LogP contribution in [0.2, 0.25) is 0 Å². The topological polar surface area (TPSA) is 77.5 Å². The van der Waals surface area contributed by atoms with Crippen molar-refractivity contribution in [2.45, 2.75) is 6.92 Å². The molecule has 2 aromatic carbocycles. The number of aromatic carboxylic acids is 1. The van der Waals surface area contributed by atoms with E-state index in [0.29, 0.717) is 16.8 Å². The van der Waals surface area contributed by atoms with Crippen molar-refractivity contribution >= 4 is 23.5 Å². The molecule has 0 radical (unpaired) electrons. The number of imide groups is 1. The van der Waals surface area contributed by atoms with Crippen LogP contribution >= 0.6 is 0 Å². The molecule has 0 saturated carbocycles. The number of carboxylic acid groups (broad SMARTS) is 1. The predicted octanol–water partition coefficient (Wildman–Crippen LogP) is 1.16. The van der Waals surface area contributed by atoms with Gasteiger partial charge in [-0.15, -0.1) is 0 Å². The average molecular weight is 280 g/mol. The molecule has 0 fully saturated rings. The Morgan fingerprint density at radius 3 is 2.19 bits per heavy atom. The first kappa shape index (κ1) is 13.1. The van der Waals surface area contributed by atoms with Crippen molar-refractivity contribution in [3.05, 3.63) is 64.7 Å². The highest BCUT2D eigenvalue weighted by Gasteiger charge is 2.36. The van der Waals surface area contributed by atoms with Crippen LogP contribution in [-0.2, 0) is 0 Å². The van der Waals surface area contributed by atoms with Gasteiger partial charge in [-0.05, 0) is 36.8 Å². The van der Waals surface area contributed by atoms with Crippen molar-refractivity contribution < 1.29 is 19.5 Å². The van der Waals surface area contributed by atoms with Gasteiger partial charge < -0.3 is 9.90 Å². The molecule has 2 amide bonds. The standard InChI is InChI=1S/C16H11NO4/c1-9-2-7-12-13(8-9)15(19)17(14(12)18)11-5-3-10(4-6-11)16(20)21/h2-8H,1H3,(H,20,21)/p-1. The third kappa shape index (κ3) is 1.99. The molecule has 1 aliphatic heterocycles. The van der Waals surface area contributed by atoms with Gasteiger partial charge >= 0.3 is 0 Å². The van der Waals surface area contributed by atoms with Crippen LogP contribution in [0.4, 0.5) is 5.69 Å². The van der Waals surface area contributed by atoms with E-state index >= 15 is 0 Å². The second kappa shape index (κ2) is 4.56. The third-order valence-corrected chi connectivity index (χ3v) is 3.40. The molecule has 0 saturated heterocycles. The fraction of sp³-hybridized carbons (Fsp3) is 0.0625. The number of hydrogen-bond donors (Lipinski definition) is 0. The second-order valence-corrected chi connectivity index (χ2v) is 4.83. The Bertz CT molecular complexity index is 777. The summed E-state index contributed by atoms with van der Waals surface area (Å²) < 4.78 is 0. The molecule has 21 heavy (non-hydrogen) atoms. The molecule has 0 bridgehead atoms. The Kier molecular flexibility index (Phi) is 2.83. The molecular formula is C16H10NO4-. The van der Waals surface area contributed by atoms with E-state index < -0.39 is 17.8 Å². The number of anilines is 1. The van der Waals surface area contributed by atoms with Crippen LogP contribution in [0.3, 0.4) is 0 Å². The van der Waals surface area contributed by atoms with Gasteiger partial charge in [-0.2, -0.15) is 0 Å². The minimum absolute atomic E-state index is 0.00814. The number of aryl methyl sites for hydroxylation is 1. The van der Waals surface area contributed by atoms with Gasteiger partial charge in [-0.3, -0.25) is 9.59 Å². The zero-order chi connectivity index (χ0) is 15.1. The zero-order valence-electron chi connectivity index (χ0n) is 11.1. The Morgan fingerprint density at radius 1 is 0.952 bits per heavy atom. The number of carbonyl (C=O) groups excluding carboxylic acids is 3. The van der Waals surface area contributed by atoms with Crippen LogP contribution in [0, 0.1) is 6.92 Å². The molecular weight excluding hydrogens is 270 g/mol. The maximum atomic E-state index is 12.4. The highest BCUT2D eigenvalue weighted by Crippen LogP contribution is 2.29. The molecule has 5 nitrogen and oxygen atoms in total. The number of carbonyl (C=O) groups is 3. The number of hydrogen-bond acceptors (Lipinski definition) is 4. The van der Waals surface area contributed by atoms with E-state index in [0.717, 1.165) is 10.5 Å². The van der Waals surface area contributed by atoms with Crippen molar-refractivity contribution in [2.24, 2.45) is 0 Å². The smallest absolute Gasteiger partial charge is 0.266 e. The van der Waals surface area contributed by atoms with Crippen LogP contribution < -0.4 is 10.0 Å². The number of nitrogens with zero attached hydrogens (tertiary/aromatic N) is 1. The molecule has 0 atom stereocenters. The number of rotatable bonds is 2. The van der Waals surface area contributed by atoms with E-state index in [4.69, 9.17) is 0 Å². The van der Waals surface area contributed by atoms with Gasteiger partial charge in [-0.1, -0.05) is 23.8 Å². The molecule has 104 valence electrons. The molecule has 1 aliphatic rings. The first-order valence-corrected chi connectivity index (χ1v) is 6.30. The van der Waals surface area contributed by atoms with E-state index in [2.05, 4.69) is 0 Å². The molecule has 5 heteroatoms. The Balaban J connectivity index is 2.03. The van der Waals surface area contributed by atoms with E-state index in [-0.39, 0.29) is 5.56 Å². The lowest BCUT2D eigenvalue weighted by Gasteiger charge is -2.14. The van der Waals surface area contributed by atoms with Crippen LogP contribution in [0.5, 0.6) is 0 Å². The fourth-order valence-electron chi connectivity index (χ4n) is 2.34. The number of amides is 2. The van der Waals surface area contributed by atoms with Gasteiger partial charge in [0.05, 0.1) is 22.8 Å². The monoisotopic (exact) mass is 280 g/mol. The predicted molar refractivity (Wildman–Crippen MR) is 73.1 cm³/mol. The molecule has 0 unspecified atom stereocenters. The van der Waals surface area contributed by atoms with Crippen molar-refractivity contribution in [1.82, 2.24) is 0 Å². The highest BCUT2D eigenvalue weighted by molar-refractivity contribution is 6.34. The van der Waals surface area contributed by atoms with Crippen LogP contribution in [-0.4, -0.2) is 17.8 Å². The molecule has 2 aromatic rings. The maximum Gasteiger partial charge on any atom is 0.266 e. The van der Waals surface area contributed by atoms with Crippen molar-refractivity contribution in [1.29, 1.82) is 0 Å². The zero-order valence-corrected chi connectivity index (χ0v) is 11.1. The van der Waals surface area contributed by atoms with E-state index in [1.807, 2.05) is 6.92 Å². The Morgan fingerprint density at radius 2 is 1.57 bits per heavy atom. The second-order valence-electron chi connectivity index (χ2n) is 4.83. The number of fused-ring (bicyclic) bond motifs is 1. The normalized spacial score (nSPS) is 13.5.